The van der Waals surface area contributed by atoms with Crippen LogP contribution in [0, 0.1) is 0 Å². The molecule has 0 bridgehead atoms. The van der Waals surface area contributed by atoms with Crippen LogP contribution in [0.4, 0.5) is 0 Å². The van der Waals surface area contributed by atoms with Crippen molar-refractivity contribution >= 4 is 5.78 Å². The molecular weight excluding hydrogens is 194 g/mol. The summed E-state index contributed by atoms with van der Waals surface area (Å²) in [4.78, 5) is 19.8. The second-order valence-corrected chi connectivity index (χ2v) is 3.15. The van der Waals surface area contributed by atoms with Crippen molar-refractivity contribution in [1.29, 1.82) is 0 Å². The predicted octanol–water partition coefficient (Wildman–Crippen LogP) is 0.262. The molecule has 0 aliphatic rings. The largest absolute Gasteiger partial charge is 0.340 e. The number of hydrogen-bond donors (Lipinski definition) is 0. The molecule has 6 nitrogen and oxygen atoms in total. The summed E-state index contributed by atoms with van der Waals surface area (Å²) in [5.74, 6) is 0.131. The molecular formula is C9H11N5O. The Hall–Kier alpha value is -1.98. The smallest absolute Gasteiger partial charge is 0.249 e. The molecule has 2 aromatic rings. The lowest BCUT2D eigenvalue weighted by Gasteiger charge is -1.98. The monoisotopic (exact) mass is 205 g/mol. The van der Waals surface area contributed by atoms with E-state index in [2.05, 4.69) is 15.1 Å². The molecule has 15 heavy (non-hydrogen) atoms. The zero-order chi connectivity index (χ0) is 10.8. The van der Waals surface area contributed by atoms with E-state index in [-0.39, 0.29) is 5.78 Å². The van der Waals surface area contributed by atoms with Gasteiger partial charge in [0.05, 0.1) is 6.33 Å². The number of carbonyl (C=O) groups excluding carboxylic acids is 1. The second kappa shape index (κ2) is 3.64. The van der Waals surface area contributed by atoms with Crippen molar-refractivity contribution in [1.82, 2.24) is 24.3 Å². The van der Waals surface area contributed by atoms with Gasteiger partial charge in [-0.05, 0) is 6.92 Å². The van der Waals surface area contributed by atoms with Crippen molar-refractivity contribution in [2.45, 2.75) is 13.5 Å². The van der Waals surface area contributed by atoms with Gasteiger partial charge >= 0.3 is 0 Å². The summed E-state index contributed by atoms with van der Waals surface area (Å²) in [6.07, 6.45) is 4.62. The molecule has 2 rings (SSSR count). The predicted molar refractivity (Wildman–Crippen MR) is 52.3 cm³/mol. The quantitative estimate of drug-likeness (QED) is 0.674. The van der Waals surface area contributed by atoms with Gasteiger partial charge in [-0.25, -0.2) is 14.6 Å². The molecule has 0 unspecified atom stereocenters. The second-order valence-electron chi connectivity index (χ2n) is 3.15. The number of ketones is 1. The first-order valence-corrected chi connectivity index (χ1v) is 4.63. The Balaban J connectivity index is 2.36. The maximum Gasteiger partial charge on any atom is 0.249 e. The Morgan fingerprint density at radius 2 is 2.27 bits per heavy atom. The minimum absolute atomic E-state index is 0.199. The molecule has 0 atom stereocenters. The van der Waals surface area contributed by atoms with Gasteiger partial charge in [-0.15, -0.1) is 0 Å². The maximum absolute atomic E-state index is 11.9. The van der Waals surface area contributed by atoms with E-state index < -0.39 is 0 Å². The number of aryl methyl sites for hydroxylation is 2. The van der Waals surface area contributed by atoms with Gasteiger partial charge < -0.3 is 4.57 Å². The molecule has 0 fully saturated rings. The number of rotatable bonds is 3. The molecule has 0 N–H and O–H groups in total. The van der Waals surface area contributed by atoms with Crippen molar-refractivity contribution in [3.63, 3.8) is 0 Å². The van der Waals surface area contributed by atoms with Gasteiger partial charge in [0.1, 0.15) is 12.0 Å². The van der Waals surface area contributed by atoms with Gasteiger partial charge in [-0.2, -0.15) is 5.10 Å². The molecule has 0 saturated heterocycles. The molecule has 78 valence electrons. The van der Waals surface area contributed by atoms with Crippen LogP contribution >= 0.6 is 0 Å². The van der Waals surface area contributed by atoms with Crippen molar-refractivity contribution in [2.24, 2.45) is 7.05 Å². The average molecular weight is 205 g/mol. The summed E-state index contributed by atoms with van der Waals surface area (Å²) >= 11 is 0. The average Bonchev–Trinajstić information content (AvgIpc) is 2.84. The summed E-state index contributed by atoms with van der Waals surface area (Å²) < 4.78 is 3.27. The van der Waals surface area contributed by atoms with Crippen LogP contribution in [-0.2, 0) is 13.6 Å². The Morgan fingerprint density at radius 3 is 2.87 bits per heavy atom. The normalized spacial score (nSPS) is 10.5. The van der Waals surface area contributed by atoms with Crippen LogP contribution < -0.4 is 0 Å². The van der Waals surface area contributed by atoms with Crippen molar-refractivity contribution in [3.8, 4) is 0 Å². The van der Waals surface area contributed by atoms with E-state index in [4.69, 9.17) is 0 Å². The van der Waals surface area contributed by atoms with Crippen molar-refractivity contribution < 1.29 is 4.79 Å². The molecule has 0 aliphatic carbocycles. The molecule has 0 amide bonds. The highest BCUT2D eigenvalue weighted by Crippen LogP contribution is 2.04. The van der Waals surface area contributed by atoms with E-state index >= 15 is 0 Å². The highest BCUT2D eigenvalue weighted by Gasteiger charge is 2.17. The van der Waals surface area contributed by atoms with Crippen LogP contribution in [-0.4, -0.2) is 30.1 Å². The molecule has 0 aliphatic heterocycles. The fourth-order valence-electron chi connectivity index (χ4n) is 1.32. The van der Waals surface area contributed by atoms with Gasteiger partial charge in [0.25, 0.3) is 0 Å². The molecule has 6 heteroatoms. The number of aromatic nitrogens is 5. The molecule has 0 radical (unpaired) electrons. The number of hydrogen-bond acceptors (Lipinski definition) is 4. The fourth-order valence-corrected chi connectivity index (χ4v) is 1.32. The van der Waals surface area contributed by atoms with Gasteiger partial charge in [-0.3, -0.25) is 4.79 Å². The molecule has 0 spiro atoms. The van der Waals surface area contributed by atoms with Crippen LogP contribution in [0.3, 0.4) is 0 Å². The maximum atomic E-state index is 11.9. The topological polar surface area (TPSA) is 65.6 Å². The van der Waals surface area contributed by atoms with Crippen LogP contribution in [0.1, 0.15) is 23.2 Å². The molecule has 2 heterocycles. The van der Waals surface area contributed by atoms with Gasteiger partial charge in [0.15, 0.2) is 0 Å². The number of nitrogens with zero attached hydrogens (tertiary/aromatic N) is 5. The molecule has 0 aromatic carbocycles. The summed E-state index contributed by atoms with van der Waals surface area (Å²) in [5, 5.41) is 3.94. The van der Waals surface area contributed by atoms with Crippen molar-refractivity contribution in [2.75, 3.05) is 0 Å². The lowest BCUT2D eigenvalue weighted by Crippen LogP contribution is -2.12. The lowest BCUT2D eigenvalue weighted by molar-refractivity contribution is 0.102. The zero-order valence-corrected chi connectivity index (χ0v) is 8.58. The summed E-state index contributed by atoms with van der Waals surface area (Å²) in [5.41, 5.74) is 0.389. The first-order valence-electron chi connectivity index (χ1n) is 4.63. The standard InChI is InChI=1S/C9H11N5O/c1-3-14-9(10-5-12-14)8(15)7-4-13(2)6-11-7/h4-6H,3H2,1-2H3. The zero-order valence-electron chi connectivity index (χ0n) is 8.58. The molecule has 2 aromatic heterocycles. The van der Waals surface area contributed by atoms with Crippen LogP contribution in [0.15, 0.2) is 18.9 Å². The highest BCUT2D eigenvalue weighted by atomic mass is 16.1. The highest BCUT2D eigenvalue weighted by molar-refractivity contribution is 6.05. The van der Waals surface area contributed by atoms with E-state index in [1.807, 2.05) is 14.0 Å². The lowest BCUT2D eigenvalue weighted by atomic mass is 10.3. The van der Waals surface area contributed by atoms with E-state index in [0.29, 0.717) is 18.1 Å². The minimum atomic E-state index is -0.199. The van der Waals surface area contributed by atoms with Crippen LogP contribution in [0.25, 0.3) is 0 Å². The van der Waals surface area contributed by atoms with Crippen LogP contribution in [0.2, 0.25) is 0 Å². The SMILES string of the molecule is CCn1ncnc1C(=O)c1cn(C)cn1. The van der Waals surface area contributed by atoms with Gasteiger partial charge in [-0.1, -0.05) is 0 Å². The van der Waals surface area contributed by atoms with E-state index in [1.165, 1.54) is 6.33 Å². The fraction of sp³-hybridized carbons (Fsp3) is 0.333. The molecule has 0 saturated carbocycles. The Kier molecular flexibility index (Phi) is 2.32. The van der Waals surface area contributed by atoms with Gasteiger partial charge in [0, 0.05) is 19.8 Å². The Labute approximate surface area is 86.6 Å². The number of imidazole rings is 1. The summed E-state index contributed by atoms with van der Waals surface area (Å²) in [6, 6.07) is 0. The Morgan fingerprint density at radius 1 is 1.47 bits per heavy atom. The Bertz CT molecular complexity index is 484. The van der Waals surface area contributed by atoms with Crippen molar-refractivity contribution in [3.05, 3.63) is 30.4 Å². The number of carbonyl (C=O) groups is 1. The summed E-state index contributed by atoms with van der Waals surface area (Å²) in [6.45, 7) is 2.53. The van der Waals surface area contributed by atoms with E-state index in [0.717, 1.165) is 0 Å². The third kappa shape index (κ3) is 1.65. The minimum Gasteiger partial charge on any atom is -0.340 e. The van der Waals surface area contributed by atoms with Crippen LogP contribution in [0.5, 0.6) is 0 Å². The van der Waals surface area contributed by atoms with E-state index in [1.54, 1.807) is 21.8 Å². The third-order valence-corrected chi connectivity index (χ3v) is 2.06. The summed E-state index contributed by atoms with van der Waals surface area (Å²) in [7, 11) is 1.81. The first-order chi connectivity index (χ1) is 7.22. The van der Waals surface area contributed by atoms with E-state index in [9.17, 15) is 4.79 Å². The first kappa shape index (κ1) is 9.57. The van der Waals surface area contributed by atoms with Gasteiger partial charge in [0.2, 0.25) is 11.6 Å². The third-order valence-electron chi connectivity index (χ3n) is 2.06.